The molecule has 0 N–H and O–H groups in total. The van der Waals surface area contributed by atoms with Crippen LogP contribution in [0, 0.1) is 17.7 Å². The molecule has 34 heavy (non-hydrogen) atoms. The first-order valence-corrected chi connectivity index (χ1v) is 13.1. The van der Waals surface area contributed by atoms with Crippen molar-refractivity contribution in [3.8, 4) is 0 Å². The van der Waals surface area contributed by atoms with E-state index in [2.05, 4.69) is 4.98 Å². The fourth-order valence-corrected chi connectivity index (χ4v) is 5.29. The highest BCUT2D eigenvalue weighted by molar-refractivity contribution is 7.90. The Morgan fingerprint density at radius 1 is 1.00 bits per heavy atom. The summed E-state index contributed by atoms with van der Waals surface area (Å²) in [7, 11) is -3.83. The van der Waals surface area contributed by atoms with Gasteiger partial charge in [0.2, 0.25) is 20.9 Å². The summed E-state index contributed by atoms with van der Waals surface area (Å²) < 4.78 is 41.7. The Kier molecular flexibility index (Phi) is 8.25. The smallest absolute Gasteiger partial charge is 0.228 e. The Bertz CT molecular complexity index is 1200. The van der Waals surface area contributed by atoms with Crippen LogP contribution in [-0.2, 0) is 33.5 Å². The predicted molar refractivity (Wildman–Crippen MR) is 130 cm³/mol. The topological polar surface area (TPSA) is 72.3 Å². The number of aromatic nitrogens is 2. The number of rotatable bonds is 10. The zero-order valence-electron chi connectivity index (χ0n) is 20.1. The van der Waals surface area contributed by atoms with E-state index in [4.69, 9.17) is 0 Å². The van der Waals surface area contributed by atoms with Gasteiger partial charge in [-0.1, -0.05) is 70.2 Å². The Morgan fingerprint density at radius 3 is 2.24 bits per heavy atom. The lowest BCUT2D eigenvalue weighted by Crippen LogP contribution is -2.37. The molecule has 0 aliphatic rings. The van der Waals surface area contributed by atoms with Crippen LogP contribution in [0.4, 0.5) is 4.39 Å². The van der Waals surface area contributed by atoms with Gasteiger partial charge in [0.05, 0.1) is 30.7 Å². The summed E-state index contributed by atoms with van der Waals surface area (Å²) in [4.78, 5) is 18.9. The molecule has 3 aromatic rings. The molecular formula is C26H32FN3O3S. The van der Waals surface area contributed by atoms with E-state index in [-0.39, 0.29) is 35.2 Å². The summed E-state index contributed by atoms with van der Waals surface area (Å²) in [6.07, 6.45) is 1.54. The van der Waals surface area contributed by atoms with Crippen molar-refractivity contribution in [3.05, 3.63) is 83.4 Å². The third kappa shape index (κ3) is 6.53. The molecule has 0 aliphatic carbocycles. The SMILES string of the molecule is CC(C)CN(Cc1cnc(S(=O)(=O)Cc2ccc(F)cc2)n1Cc1ccccc1)C(=O)C(C)C. The molecule has 0 radical (unpaired) electrons. The second-order valence-electron chi connectivity index (χ2n) is 9.26. The number of carbonyl (C=O) groups excluding carboxylic acids is 1. The number of hydrogen-bond acceptors (Lipinski definition) is 4. The van der Waals surface area contributed by atoms with Gasteiger partial charge in [-0.3, -0.25) is 4.79 Å². The van der Waals surface area contributed by atoms with Gasteiger partial charge in [0.1, 0.15) is 5.82 Å². The third-order valence-corrected chi connectivity index (χ3v) is 6.97. The molecule has 6 nitrogen and oxygen atoms in total. The molecule has 0 fully saturated rings. The molecule has 1 amide bonds. The molecule has 182 valence electrons. The highest BCUT2D eigenvalue weighted by atomic mass is 32.2. The Balaban J connectivity index is 2.01. The molecule has 0 saturated heterocycles. The minimum absolute atomic E-state index is 0.0110. The molecule has 0 saturated carbocycles. The molecular weight excluding hydrogens is 453 g/mol. The molecule has 0 bridgehead atoms. The fraction of sp³-hybridized carbons (Fsp3) is 0.385. The minimum Gasteiger partial charge on any atom is -0.336 e. The van der Waals surface area contributed by atoms with Crippen LogP contribution in [0.1, 0.15) is 44.5 Å². The number of sulfone groups is 1. The van der Waals surface area contributed by atoms with Crippen molar-refractivity contribution >= 4 is 15.7 Å². The standard InChI is InChI=1S/C26H32FN3O3S/c1-19(2)15-29(25(31)20(3)4)17-24-14-28-26(30(24)16-21-8-6-5-7-9-21)34(32,33)18-22-10-12-23(27)13-11-22/h5-14,19-20H,15-18H2,1-4H3. The van der Waals surface area contributed by atoms with Crippen LogP contribution in [0.5, 0.6) is 0 Å². The average molecular weight is 486 g/mol. The third-order valence-electron chi connectivity index (χ3n) is 5.38. The Labute approximate surface area is 201 Å². The quantitative estimate of drug-likeness (QED) is 0.418. The molecule has 0 spiro atoms. The number of halogens is 1. The second-order valence-corrected chi connectivity index (χ2v) is 11.1. The van der Waals surface area contributed by atoms with Crippen molar-refractivity contribution < 1.29 is 17.6 Å². The molecule has 0 unspecified atom stereocenters. The maximum atomic E-state index is 13.4. The van der Waals surface area contributed by atoms with E-state index in [0.717, 1.165) is 5.56 Å². The van der Waals surface area contributed by atoms with Crippen molar-refractivity contribution in [2.45, 2.75) is 51.7 Å². The molecule has 0 atom stereocenters. The number of carbonyl (C=O) groups is 1. The van der Waals surface area contributed by atoms with Gasteiger partial charge in [-0.25, -0.2) is 17.8 Å². The van der Waals surface area contributed by atoms with Gasteiger partial charge < -0.3 is 9.47 Å². The van der Waals surface area contributed by atoms with E-state index in [1.165, 1.54) is 24.3 Å². The van der Waals surface area contributed by atoms with Crippen molar-refractivity contribution in [1.82, 2.24) is 14.5 Å². The molecule has 8 heteroatoms. The monoisotopic (exact) mass is 485 g/mol. The van der Waals surface area contributed by atoms with Crippen molar-refractivity contribution in [3.63, 3.8) is 0 Å². The van der Waals surface area contributed by atoms with Gasteiger partial charge >= 0.3 is 0 Å². The predicted octanol–water partition coefficient (Wildman–Crippen LogP) is 4.69. The van der Waals surface area contributed by atoms with Crippen LogP contribution in [0.25, 0.3) is 0 Å². The number of benzene rings is 2. The first kappa shape index (κ1) is 25.6. The lowest BCUT2D eigenvalue weighted by molar-refractivity contribution is -0.135. The summed E-state index contributed by atoms with van der Waals surface area (Å²) in [5.41, 5.74) is 2.05. The first-order chi connectivity index (χ1) is 16.1. The van der Waals surface area contributed by atoms with E-state index in [0.29, 0.717) is 24.3 Å². The van der Waals surface area contributed by atoms with E-state index in [9.17, 15) is 17.6 Å². The zero-order chi connectivity index (χ0) is 24.9. The number of hydrogen-bond donors (Lipinski definition) is 0. The maximum absolute atomic E-state index is 13.4. The number of nitrogens with zero attached hydrogens (tertiary/aromatic N) is 3. The van der Waals surface area contributed by atoms with Crippen LogP contribution < -0.4 is 0 Å². The van der Waals surface area contributed by atoms with Crippen LogP contribution in [0.3, 0.4) is 0 Å². The molecule has 3 rings (SSSR count). The Morgan fingerprint density at radius 2 is 1.65 bits per heavy atom. The summed E-state index contributed by atoms with van der Waals surface area (Å²) in [5.74, 6) is -0.620. The minimum atomic E-state index is -3.83. The summed E-state index contributed by atoms with van der Waals surface area (Å²) in [6, 6.07) is 14.9. The summed E-state index contributed by atoms with van der Waals surface area (Å²) in [5, 5.41) is -0.0582. The van der Waals surface area contributed by atoms with Gasteiger partial charge in [-0.05, 0) is 29.2 Å². The normalized spacial score (nSPS) is 11.9. The molecule has 1 aromatic heterocycles. The van der Waals surface area contributed by atoms with E-state index >= 15 is 0 Å². The molecule has 1 heterocycles. The van der Waals surface area contributed by atoms with E-state index in [1.54, 1.807) is 15.7 Å². The van der Waals surface area contributed by atoms with Crippen LogP contribution >= 0.6 is 0 Å². The van der Waals surface area contributed by atoms with Crippen molar-refractivity contribution in [2.24, 2.45) is 11.8 Å². The van der Waals surface area contributed by atoms with Crippen molar-refractivity contribution in [1.29, 1.82) is 0 Å². The van der Waals surface area contributed by atoms with E-state index < -0.39 is 15.7 Å². The first-order valence-electron chi connectivity index (χ1n) is 11.4. The van der Waals surface area contributed by atoms with Gasteiger partial charge in [-0.2, -0.15) is 0 Å². The van der Waals surface area contributed by atoms with Crippen molar-refractivity contribution in [2.75, 3.05) is 6.54 Å². The average Bonchev–Trinajstić information content (AvgIpc) is 3.17. The summed E-state index contributed by atoms with van der Waals surface area (Å²) >= 11 is 0. The van der Waals surface area contributed by atoms with Crippen LogP contribution in [0.2, 0.25) is 0 Å². The second kappa shape index (κ2) is 11.0. The number of amides is 1. The van der Waals surface area contributed by atoms with E-state index in [1.807, 2.05) is 58.0 Å². The van der Waals surface area contributed by atoms with Gasteiger partial charge in [0.25, 0.3) is 0 Å². The highest BCUT2D eigenvalue weighted by Gasteiger charge is 2.26. The lowest BCUT2D eigenvalue weighted by Gasteiger charge is -2.27. The highest BCUT2D eigenvalue weighted by Crippen LogP contribution is 2.21. The van der Waals surface area contributed by atoms with Crippen LogP contribution in [0.15, 0.2) is 66.0 Å². The molecule has 0 aliphatic heterocycles. The van der Waals surface area contributed by atoms with Gasteiger partial charge in [0.15, 0.2) is 0 Å². The lowest BCUT2D eigenvalue weighted by atomic mass is 10.1. The summed E-state index contributed by atoms with van der Waals surface area (Å²) in [6.45, 7) is 8.93. The largest absolute Gasteiger partial charge is 0.336 e. The molecule has 2 aromatic carbocycles. The fourth-order valence-electron chi connectivity index (χ4n) is 3.80. The number of imidazole rings is 1. The van der Waals surface area contributed by atoms with Crippen LogP contribution in [-0.4, -0.2) is 35.3 Å². The Hall–Kier alpha value is -3.00. The van der Waals surface area contributed by atoms with Gasteiger partial charge in [0, 0.05) is 12.5 Å². The maximum Gasteiger partial charge on any atom is 0.228 e. The zero-order valence-corrected chi connectivity index (χ0v) is 20.9. The van der Waals surface area contributed by atoms with Gasteiger partial charge in [-0.15, -0.1) is 0 Å².